The normalized spacial score (nSPS) is 13.0. The van der Waals surface area contributed by atoms with Crippen molar-refractivity contribution in [3.05, 3.63) is 24.0 Å². The molecule has 2 heterocycles. The van der Waals surface area contributed by atoms with Gasteiger partial charge in [0.05, 0.1) is 4.88 Å². The molecule has 5 nitrogen and oxygen atoms in total. The molecule has 2 aromatic rings. The fourth-order valence-corrected chi connectivity index (χ4v) is 4.03. The number of nitrogens with one attached hydrogen (secondary N) is 1. The van der Waals surface area contributed by atoms with Crippen LogP contribution in [0.4, 0.5) is 13.2 Å². The maximum absolute atomic E-state index is 12.5. The number of thiophene rings is 1. The summed E-state index contributed by atoms with van der Waals surface area (Å²) in [6, 6.07) is 3.48. The first kappa shape index (κ1) is 18.0. The number of hydrogen-bond donors (Lipinski definition) is 1. The van der Waals surface area contributed by atoms with Crippen LogP contribution in [0.15, 0.2) is 26.9 Å². The molecule has 0 aliphatic rings. The third kappa shape index (κ3) is 4.55. The summed E-state index contributed by atoms with van der Waals surface area (Å²) < 4.78 is 68.4. The van der Waals surface area contributed by atoms with Crippen LogP contribution in [0.25, 0.3) is 10.6 Å². The third-order valence-electron chi connectivity index (χ3n) is 2.90. The molecule has 0 aliphatic heterocycles. The highest BCUT2D eigenvalue weighted by molar-refractivity contribution is 7.91. The van der Waals surface area contributed by atoms with Crippen LogP contribution in [-0.4, -0.2) is 20.1 Å². The van der Waals surface area contributed by atoms with Gasteiger partial charge in [0.25, 0.3) is 0 Å². The Balaban J connectivity index is 2.15. The van der Waals surface area contributed by atoms with E-state index >= 15 is 0 Å². The number of alkyl halides is 3. The van der Waals surface area contributed by atoms with Gasteiger partial charge in [0.2, 0.25) is 15.8 Å². The zero-order chi connectivity index (χ0) is 17.3. The minimum atomic E-state index is -4.63. The highest BCUT2D eigenvalue weighted by atomic mass is 32.2. The van der Waals surface area contributed by atoms with Gasteiger partial charge in [-0.05, 0) is 24.5 Å². The highest BCUT2D eigenvalue weighted by Crippen LogP contribution is 2.35. The van der Waals surface area contributed by atoms with Crippen LogP contribution in [0.5, 0.6) is 0 Å². The molecule has 2 rings (SSSR count). The van der Waals surface area contributed by atoms with Crippen molar-refractivity contribution in [1.82, 2.24) is 9.88 Å². The molecule has 0 bridgehead atoms. The first-order valence-electron chi connectivity index (χ1n) is 6.73. The quantitative estimate of drug-likeness (QED) is 0.843. The van der Waals surface area contributed by atoms with Gasteiger partial charge in [-0.25, -0.2) is 13.1 Å². The van der Waals surface area contributed by atoms with Gasteiger partial charge < -0.3 is 4.52 Å². The lowest BCUT2D eigenvalue weighted by Crippen LogP contribution is -2.24. The smallest absolute Gasteiger partial charge is 0.351 e. The minimum absolute atomic E-state index is 0.0211. The van der Waals surface area contributed by atoms with Gasteiger partial charge in [0.1, 0.15) is 9.90 Å². The van der Waals surface area contributed by atoms with Gasteiger partial charge in [0, 0.05) is 12.6 Å². The SMILES string of the molecule is CC(C)CCNS(=O)(=O)c1ccc(-c2cc(C(F)(F)F)on2)s1. The third-order valence-corrected chi connectivity index (χ3v) is 5.96. The molecule has 0 saturated carbocycles. The molecule has 128 valence electrons. The number of rotatable bonds is 6. The Kier molecular flexibility index (Phi) is 5.17. The van der Waals surface area contributed by atoms with Crippen molar-refractivity contribution in [3.8, 4) is 10.6 Å². The van der Waals surface area contributed by atoms with E-state index in [0.717, 1.165) is 17.4 Å². The van der Waals surface area contributed by atoms with Crippen LogP contribution in [0.3, 0.4) is 0 Å². The molecular weight excluding hydrogens is 353 g/mol. The van der Waals surface area contributed by atoms with Gasteiger partial charge in [0.15, 0.2) is 0 Å². The second-order valence-corrected chi connectivity index (χ2v) is 8.35. The van der Waals surface area contributed by atoms with Crippen LogP contribution in [0.2, 0.25) is 0 Å². The minimum Gasteiger partial charge on any atom is -0.351 e. The standard InChI is InChI=1S/C13H15F3N2O3S2/c1-8(2)5-6-17-23(19,20)12-4-3-10(22-12)9-7-11(21-18-9)13(14,15)16/h3-4,7-8,17H,5-6H2,1-2H3. The molecule has 1 N–H and O–H groups in total. The molecule has 0 amide bonds. The fraction of sp³-hybridized carbons (Fsp3) is 0.462. The average Bonchev–Trinajstić information content (AvgIpc) is 3.06. The van der Waals surface area contributed by atoms with E-state index < -0.39 is 22.0 Å². The summed E-state index contributed by atoms with van der Waals surface area (Å²) in [7, 11) is -3.68. The van der Waals surface area contributed by atoms with Crippen molar-refractivity contribution in [2.24, 2.45) is 5.92 Å². The molecule has 0 radical (unpaired) electrons. The predicted molar refractivity (Wildman–Crippen MR) is 79.5 cm³/mol. The molecule has 0 fully saturated rings. The lowest BCUT2D eigenvalue weighted by atomic mass is 10.1. The van der Waals surface area contributed by atoms with Crippen molar-refractivity contribution < 1.29 is 26.1 Å². The number of hydrogen-bond acceptors (Lipinski definition) is 5. The molecule has 0 atom stereocenters. The Bertz CT molecular complexity index is 764. The largest absolute Gasteiger partial charge is 0.452 e. The van der Waals surface area contributed by atoms with E-state index in [1.807, 2.05) is 13.8 Å². The monoisotopic (exact) mass is 368 g/mol. The van der Waals surface area contributed by atoms with Gasteiger partial charge >= 0.3 is 6.18 Å². The second-order valence-electron chi connectivity index (χ2n) is 5.27. The molecular formula is C13H15F3N2O3S2. The number of nitrogens with zero attached hydrogens (tertiary/aromatic N) is 1. The van der Waals surface area contributed by atoms with Crippen molar-refractivity contribution in [1.29, 1.82) is 0 Å². The maximum atomic E-state index is 12.5. The van der Waals surface area contributed by atoms with E-state index in [0.29, 0.717) is 18.9 Å². The molecule has 0 aliphatic carbocycles. The Morgan fingerprint density at radius 2 is 2.04 bits per heavy atom. The first-order valence-corrected chi connectivity index (χ1v) is 9.03. The Labute approximate surface area is 135 Å². The van der Waals surface area contributed by atoms with E-state index in [1.54, 1.807) is 0 Å². The predicted octanol–water partition coefficient (Wildman–Crippen LogP) is 3.75. The Morgan fingerprint density at radius 3 is 2.61 bits per heavy atom. The van der Waals surface area contributed by atoms with Gasteiger partial charge in [-0.1, -0.05) is 19.0 Å². The summed E-state index contributed by atoms with van der Waals surface area (Å²) in [6.45, 7) is 4.25. The summed E-state index contributed by atoms with van der Waals surface area (Å²) in [4.78, 5) is 0.286. The van der Waals surface area contributed by atoms with Crippen molar-refractivity contribution in [3.63, 3.8) is 0 Å². The molecule has 2 aromatic heterocycles. The topological polar surface area (TPSA) is 72.2 Å². The second kappa shape index (κ2) is 6.62. The zero-order valence-electron chi connectivity index (χ0n) is 12.3. The Hall–Kier alpha value is -1.39. The summed E-state index contributed by atoms with van der Waals surface area (Å²) in [5.41, 5.74) is -0.0500. The van der Waals surface area contributed by atoms with Crippen LogP contribution in [-0.2, 0) is 16.2 Å². The number of aromatic nitrogens is 1. The highest BCUT2D eigenvalue weighted by Gasteiger charge is 2.36. The van der Waals surface area contributed by atoms with E-state index in [2.05, 4.69) is 14.4 Å². The molecule has 10 heteroatoms. The number of sulfonamides is 1. The molecule has 0 aromatic carbocycles. The van der Waals surface area contributed by atoms with Crippen LogP contribution in [0.1, 0.15) is 26.0 Å². The fourth-order valence-electron chi connectivity index (χ4n) is 1.68. The van der Waals surface area contributed by atoms with E-state index in [-0.39, 0.29) is 14.8 Å². The molecule has 0 saturated heterocycles. The van der Waals surface area contributed by atoms with E-state index in [4.69, 9.17) is 0 Å². The van der Waals surface area contributed by atoms with Crippen LogP contribution in [0, 0.1) is 5.92 Å². The first-order chi connectivity index (χ1) is 10.6. The van der Waals surface area contributed by atoms with Gasteiger partial charge in [-0.15, -0.1) is 11.3 Å². The maximum Gasteiger partial charge on any atom is 0.452 e. The molecule has 0 unspecified atom stereocenters. The number of halogens is 3. The summed E-state index contributed by atoms with van der Waals surface area (Å²) >= 11 is 0.835. The average molecular weight is 368 g/mol. The lowest BCUT2D eigenvalue weighted by Gasteiger charge is -2.06. The molecule has 23 heavy (non-hydrogen) atoms. The van der Waals surface area contributed by atoms with Crippen LogP contribution >= 0.6 is 11.3 Å². The van der Waals surface area contributed by atoms with E-state index in [1.165, 1.54) is 12.1 Å². The Morgan fingerprint density at radius 1 is 1.35 bits per heavy atom. The van der Waals surface area contributed by atoms with Crippen molar-refractivity contribution >= 4 is 21.4 Å². The van der Waals surface area contributed by atoms with Crippen LogP contribution < -0.4 is 4.72 Å². The van der Waals surface area contributed by atoms with Gasteiger partial charge in [-0.3, -0.25) is 0 Å². The summed E-state index contributed by atoms with van der Waals surface area (Å²) in [5, 5.41) is 3.33. The summed E-state index contributed by atoms with van der Waals surface area (Å²) in [5.74, 6) is -0.868. The lowest BCUT2D eigenvalue weighted by molar-refractivity contribution is -0.155. The molecule has 0 spiro atoms. The van der Waals surface area contributed by atoms with E-state index in [9.17, 15) is 21.6 Å². The van der Waals surface area contributed by atoms with Crippen molar-refractivity contribution in [2.75, 3.05) is 6.54 Å². The van der Waals surface area contributed by atoms with Gasteiger partial charge in [-0.2, -0.15) is 13.2 Å². The summed E-state index contributed by atoms with van der Waals surface area (Å²) in [6.07, 6.45) is -3.94. The zero-order valence-corrected chi connectivity index (χ0v) is 14.0. The van der Waals surface area contributed by atoms with Crippen molar-refractivity contribution in [2.45, 2.75) is 30.7 Å².